The number of hydrogen-bond acceptors (Lipinski definition) is 4. The second-order valence-corrected chi connectivity index (χ2v) is 7.74. The third kappa shape index (κ3) is 4.34. The first-order chi connectivity index (χ1) is 15.6. The van der Waals surface area contributed by atoms with E-state index in [0.29, 0.717) is 11.3 Å². The van der Waals surface area contributed by atoms with E-state index in [0.717, 1.165) is 47.4 Å². The maximum atomic E-state index is 13.1. The fraction of sp³-hybridized carbons (Fsp3) is 0.115. The number of halogens is 1. The first-order valence-corrected chi connectivity index (χ1v) is 10.5. The number of rotatable bonds is 5. The fourth-order valence-corrected chi connectivity index (χ4v) is 3.74. The number of anilines is 1. The van der Waals surface area contributed by atoms with Crippen molar-refractivity contribution in [2.24, 2.45) is 4.99 Å². The number of carbonyl (C=O) groups is 1. The van der Waals surface area contributed by atoms with E-state index < -0.39 is 0 Å². The highest BCUT2D eigenvalue weighted by Crippen LogP contribution is 2.22. The van der Waals surface area contributed by atoms with Crippen molar-refractivity contribution in [3.8, 4) is 11.1 Å². The predicted molar refractivity (Wildman–Crippen MR) is 125 cm³/mol. The summed E-state index contributed by atoms with van der Waals surface area (Å²) < 4.78 is 13.1. The number of benzene rings is 3. The summed E-state index contributed by atoms with van der Waals surface area (Å²) in [6.07, 6.45) is 1.87. The normalized spacial score (nSPS) is 13.0. The minimum Gasteiger partial charge on any atom is -0.355 e. The third-order valence-corrected chi connectivity index (χ3v) is 5.46. The van der Waals surface area contributed by atoms with E-state index in [2.05, 4.69) is 15.2 Å². The first kappa shape index (κ1) is 19.9. The van der Waals surface area contributed by atoms with Gasteiger partial charge >= 0.3 is 0 Å². The molecule has 5 nitrogen and oxygen atoms in total. The molecule has 1 amide bonds. The number of nitrogens with zero attached hydrogens (tertiary/aromatic N) is 3. The minimum atomic E-state index is -0.271. The summed E-state index contributed by atoms with van der Waals surface area (Å²) in [6, 6.07) is 23.3. The second-order valence-electron chi connectivity index (χ2n) is 7.74. The summed E-state index contributed by atoms with van der Waals surface area (Å²) in [4.78, 5) is 23.8. The molecule has 3 aromatic carbocycles. The zero-order chi connectivity index (χ0) is 21.9. The lowest BCUT2D eigenvalue weighted by atomic mass is 10.0. The van der Waals surface area contributed by atoms with Crippen LogP contribution in [0.5, 0.6) is 0 Å². The van der Waals surface area contributed by atoms with Gasteiger partial charge in [-0.1, -0.05) is 30.3 Å². The molecular formula is C26H21FN4O. The lowest BCUT2D eigenvalue weighted by Crippen LogP contribution is -2.19. The van der Waals surface area contributed by atoms with Gasteiger partial charge in [-0.15, -0.1) is 0 Å². The molecule has 0 saturated carbocycles. The number of aliphatic imine (C=N–C) groups is 1. The molecule has 0 aliphatic carbocycles. The molecule has 0 bridgehead atoms. The van der Waals surface area contributed by atoms with E-state index in [1.165, 1.54) is 12.1 Å². The Labute approximate surface area is 185 Å². The molecular weight excluding hydrogens is 403 g/mol. The van der Waals surface area contributed by atoms with Crippen molar-refractivity contribution in [1.82, 2.24) is 9.88 Å². The Morgan fingerprint density at radius 3 is 2.41 bits per heavy atom. The van der Waals surface area contributed by atoms with Crippen LogP contribution in [0.2, 0.25) is 0 Å². The van der Waals surface area contributed by atoms with Crippen LogP contribution in [0.3, 0.4) is 0 Å². The van der Waals surface area contributed by atoms with Gasteiger partial charge in [0, 0.05) is 23.2 Å². The Kier molecular flexibility index (Phi) is 5.34. The molecule has 0 unspecified atom stereocenters. The van der Waals surface area contributed by atoms with Crippen molar-refractivity contribution in [2.75, 3.05) is 18.4 Å². The van der Waals surface area contributed by atoms with Crippen LogP contribution in [0.25, 0.3) is 22.0 Å². The number of nitrogens with one attached hydrogen (secondary N) is 1. The van der Waals surface area contributed by atoms with Crippen molar-refractivity contribution >= 4 is 28.8 Å². The van der Waals surface area contributed by atoms with E-state index >= 15 is 0 Å². The Morgan fingerprint density at radius 1 is 0.938 bits per heavy atom. The average molecular weight is 424 g/mol. The van der Waals surface area contributed by atoms with Crippen LogP contribution in [0.4, 0.5) is 10.1 Å². The van der Waals surface area contributed by atoms with E-state index in [1.54, 1.807) is 24.3 Å². The molecule has 1 aliphatic heterocycles. The average Bonchev–Trinajstić information content (AvgIpc) is 3.33. The fourth-order valence-electron chi connectivity index (χ4n) is 3.74. The summed E-state index contributed by atoms with van der Waals surface area (Å²) in [5.74, 6) is -0.458. The summed E-state index contributed by atoms with van der Waals surface area (Å²) in [5.41, 5.74) is 4.97. The van der Waals surface area contributed by atoms with Gasteiger partial charge in [0.15, 0.2) is 0 Å². The Morgan fingerprint density at radius 2 is 1.69 bits per heavy atom. The van der Waals surface area contributed by atoms with Gasteiger partial charge in [0.1, 0.15) is 5.82 Å². The highest BCUT2D eigenvalue weighted by Gasteiger charge is 2.10. The minimum absolute atomic E-state index is 0.187. The quantitative estimate of drug-likeness (QED) is 0.483. The van der Waals surface area contributed by atoms with Gasteiger partial charge in [-0.2, -0.15) is 0 Å². The summed E-state index contributed by atoms with van der Waals surface area (Å²) in [6.45, 7) is 2.51. The van der Waals surface area contributed by atoms with Gasteiger partial charge in [0.2, 0.25) is 0 Å². The van der Waals surface area contributed by atoms with Crippen LogP contribution in [0.1, 0.15) is 16.1 Å². The van der Waals surface area contributed by atoms with Gasteiger partial charge in [-0.3, -0.25) is 14.8 Å². The SMILES string of the molecule is O=C(Nc1ccc2nc(CN3C=NCC3)ccc2c1)c1ccc(-c2ccc(F)cc2)cc1. The van der Waals surface area contributed by atoms with Crippen molar-refractivity contribution in [2.45, 2.75) is 6.54 Å². The molecule has 0 saturated heterocycles. The molecule has 32 heavy (non-hydrogen) atoms. The zero-order valence-corrected chi connectivity index (χ0v) is 17.3. The van der Waals surface area contributed by atoms with Gasteiger partial charge in [-0.05, 0) is 59.7 Å². The van der Waals surface area contributed by atoms with Crippen LogP contribution in [0, 0.1) is 5.82 Å². The summed E-state index contributed by atoms with van der Waals surface area (Å²) in [7, 11) is 0. The molecule has 0 fully saturated rings. The Hall–Kier alpha value is -4.06. The van der Waals surface area contributed by atoms with Crippen molar-refractivity contribution in [1.29, 1.82) is 0 Å². The van der Waals surface area contributed by atoms with Crippen molar-refractivity contribution < 1.29 is 9.18 Å². The number of pyridine rings is 1. The van der Waals surface area contributed by atoms with E-state index in [-0.39, 0.29) is 11.7 Å². The van der Waals surface area contributed by atoms with E-state index in [9.17, 15) is 9.18 Å². The number of amides is 1. The molecule has 0 radical (unpaired) electrons. The number of carbonyl (C=O) groups excluding carboxylic acids is 1. The molecule has 1 aromatic heterocycles. The predicted octanol–water partition coefficient (Wildman–Crippen LogP) is 5.14. The lowest BCUT2D eigenvalue weighted by molar-refractivity contribution is 0.102. The topological polar surface area (TPSA) is 57.6 Å². The summed E-state index contributed by atoms with van der Waals surface area (Å²) in [5, 5.41) is 3.91. The van der Waals surface area contributed by atoms with E-state index in [4.69, 9.17) is 4.98 Å². The van der Waals surface area contributed by atoms with Crippen LogP contribution < -0.4 is 5.32 Å². The van der Waals surface area contributed by atoms with Crippen molar-refractivity contribution in [3.05, 3.63) is 95.9 Å². The Bertz CT molecular complexity index is 1300. The molecule has 2 heterocycles. The maximum absolute atomic E-state index is 13.1. The van der Waals surface area contributed by atoms with Crippen LogP contribution in [-0.4, -0.2) is 35.2 Å². The number of hydrogen-bond donors (Lipinski definition) is 1. The van der Waals surface area contributed by atoms with Crippen LogP contribution in [0.15, 0.2) is 83.9 Å². The van der Waals surface area contributed by atoms with Gasteiger partial charge in [-0.25, -0.2) is 4.39 Å². The van der Waals surface area contributed by atoms with Crippen LogP contribution in [-0.2, 0) is 6.54 Å². The van der Waals surface area contributed by atoms with Crippen molar-refractivity contribution in [3.63, 3.8) is 0 Å². The molecule has 0 spiro atoms. The monoisotopic (exact) mass is 424 g/mol. The highest BCUT2D eigenvalue weighted by molar-refractivity contribution is 6.05. The summed E-state index contributed by atoms with van der Waals surface area (Å²) >= 11 is 0. The second kappa shape index (κ2) is 8.59. The molecule has 6 heteroatoms. The van der Waals surface area contributed by atoms with E-state index in [1.807, 2.05) is 48.8 Å². The molecule has 5 rings (SSSR count). The third-order valence-electron chi connectivity index (χ3n) is 5.46. The first-order valence-electron chi connectivity index (χ1n) is 10.5. The highest BCUT2D eigenvalue weighted by atomic mass is 19.1. The smallest absolute Gasteiger partial charge is 0.255 e. The van der Waals surface area contributed by atoms with Crippen LogP contribution >= 0.6 is 0 Å². The van der Waals surface area contributed by atoms with Gasteiger partial charge in [0.05, 0.1) is 30.6 Å². The molecule has 4 aromatic rings. The number of aromatic nitrogens is 1. The molecule has 0 atom stereocenters. The van der Waals surface area contributed by atoms with Gasteiger partial charge in [0.25, 0.3) is 5.91 Å². The molecule has 1 aliphatic rings. The Balaban J connectivity index is 1.28. The standard InChI is InChI=1S/C26H21FN4O/c27-22-8-5-19(6-9-22)18-1-3-20(4-2-18)26(32)30-23-11-12-25-21(15-23)7-10-24(29-25)16-31-14-13-28-17-31/h1-12,15,17H,13-14,16H2,(H,30,32). The lowest BCUT2D eigenvalue weighted by Gasteiger charge is -2.13. The number of fused-ring (bicyclic) bond motifs is 1. The maximum Gasteiger partial charge on any atom is 0.255 e. The largest absolute Gasteiger partial charge is 0.355 e. The molecule has 158 valence electrons. The van der Waals surface area contributed by atoms with Gasteiger partial charge < -0.3 is 10.2 Å². The zero-order valence-electron chi connectivity index (χ0n) is 17.3. The molecule has 1 N–H and O–H groups in total.